The average Bonchev–Trinajstić information content (AvgIpc) is 2.38. The Bertz CT molecular complexity index is 468. The van der Waals surface area contributed by atoms with E-state index in [4.69, 9.17) is 0 Å². The van der Waals surface area contributed by atoms with Crippen molar-refractivity contribution in [1.29, 1.82) is 0 Å². The van der Waals surface area contributed by atoms with Crippen molar-refractivity contribution in [3.63, 3.8) is 0 Å². The van der Waals surface area contributed by atoms with Crippen molar-refractivity contribution < 1.29 is 4.79 Å². The molecule has 0 unspecified atom stereocenters. The lowest BCUT2D eigenvalue weighted by atomic mass is 9.80. The van der Waals surface area contributed by atoms with Crippen molar-refractivity contribution in [1.82, 2.24) is 10.2 Å². The highest BCUT2D eigenvalue weighted by molar-refractivity contribution is 5.88. The predicted octanol–water partition coefficient (Wildman–Crippen LogP) is 2.09. The molecule has 1 saturated heterocycles. The number of rotatable bonds is 2. The van der Waals surface area contributed by atoms with Gasteiger partial charge in [0.25, 0.3) is 0 Å². The first-order valence-electron chi connectivity index (χ1n) is 7.02. The topological polar surface area (TPSA) is 32.3 Å². The van der Waals surface area contributed by atoms with Gasteiger partial charge in [0.1, 0.15) is 0 Å². The van der Waals surface area contributed by atoms with Crippen LogP contribution in [0, 0.1) is 6.92 Å². The van der Waals surface area contributed by atoms with Crippen molar-refractivity contribution >= 4 is 5.91 Å². The zero-order valence-corrected chi connectivity index (χ0v) is 12.4. The summed E-state index contributed by atoms with van der Waals surface area (Å²) >= 11 is 0. The summed E-state index contributed by atoms with van der Waals surface area (Å²) in [5.41, 5.74) is 1.86. The quantitative estimate of drug-likeness (QED) is 0.883. The molecule has 104 valence electrons. The Morgan fingerprint density at radius 1 is 1.37 bits per heavy atom. The molecular weight excluding hydrogens is 236 g/mol. The van der Waals surface area contributed by atoms with E-state index in [1.54, 1.807) is 0 Å². The normalized spacial score (nSPS) is 20.4. The third-order valence-corrected chi connectivity index (χ3v) is 4.01. The first kappa shape index (κ1) is 14.1. The van der Waals surface area contributed by atoms with Gasteiger partial charge in [0, 0.05) is 25.7 Å². The zero-order chi connectivity index (χ0) is 14.0. The Balaban J connectivity index is 2.24. The molecular formula is C16H24N2O. The van der Waals surface area contributed by atoms with E-state index in [0.717, 1.165) is 25.2 Å². The molecule has 3 heteroatoms. The van der Waals surface area contributed by atoms with E-state index in [-0.39, 0.29) is 5.91 Å². The Hall–Kier alpha value is -1.35. The molecule has 1 aromatic carbocycles. The van der Waals surface area contributed by atoms with Crippen LogP contribution in [0.25, 0.3) is 0 Å². The number of carbonyl (C=O) groups is 1. The summed E-state index contributed by atoms with van der Waals surface area (Å²) in [6.07, 6.45) is 0. The van der Waals surface area contributed by atoms with Gasteiger partial charge in [-0.05, 0) is 38.8 Å². The van der Waals surface area contributed by atoms with Gasteiger partial charge in [-0.25, -0.2) is 0 Å². The average molecular weight is 260 g/mol. The molecule has 1 aromatic rings. The predicted molar refractivity (Wildman–Crippen MR) is 78.2 cm³/mol. The summed E-state index contributed by atoms with van der Waals surface area (Å²) in [7, 11) is 0. The number of nitrogens with one attached hydrogen (secondary N) is 1. The van der Waals surface area contributed by atoms with Gasteiger partial charge in [0.2, 0.25) is 5.91 Å². The van der Waals surface area contributed by atoms with E-state index in [2.05, 4.69) is 31.3 Å². The lowest BCUT2D eigenvalue weighted by Gasteiger charge is -2.37. The third kappa shape index (κ3) is 2.81. The molecule has 0 bridgehead atoms. The van der Waals surface area contributed by atoms with E-state index in [9.17, 15) is 4.79 Å². The smallest absolute Gasteiger partial charge is 0.232 e. The second-order valence-electron chi connectivity index (χ2n) is 6.05. The van der Waals surface area contributed by atoms with Crippen LogP contribution in [0.2, 0.25) is 0 Å². The first-order valence-corrected chi connectivity index (χ1v) is 7.02. The lowest BCUT2D eigenvalue weighted by molar-refractivity contribution is -0.137. The summed E-state index contributed by atoms with van der Waals surface area (Å²) in [5, 5.41) is 3.38. The largest absolute Gasteiger partial charge is 0.339 e. The number of piperazine rings is 1. The van der Waals surface area contributed by atoms with Crippen molar-refractivity contribution in [2.24, 2.45) is 0 Å². The molecule has 0 aliphatic carbocycles. The Morgan fingerprint density at radius 3 is 2.68 bits per heavy atom. The number of aryl methyl sites for hydroxylation is 1. The molecule has 1 N–H and O–H groups in total. The van der Waals surface area contributed by atoms with Crippen molar-refractivity contribution in [2.45, 2.75) is 39.2 Å². The summed E-state index contributed by atoms with van der Waals surface area (Å²) < 4.78 is 0. The van der Waals surface area contributed by atoms with E-state index in [1.807, 2.05) is 30.9 Å². The molecule has 0 saturated carbocycles. The van der Waals surface area contributed by atoms with E-state index < -0.39 is 5.41 Å². The zero-order valence-electron chi connectivity index (χ0n) is 12.4. The van der Waals surface area contributed by atoms with E-state index in [1.165, 1.54) is 5.56 Å². The molecule has 3 nitrogen and oxygen atoms in total. The van der Waals surface area contributed by atoms with Gasteiger partial charge in [-0.15, -0.1) is 0 Å². The van der Waals surface area contributed by atoms with Crippen LogP contribution in [-0.2, 0) is 10.2 Å². The molecule has 1 atom stereocenters. The van der Waals surface area contributed by atoms with Crippen LogP contribution in [0.4, 0.5) is 0 Å². The fraction of sp³-hybridized carbons (Fsp3) is 0.562. The number of carbonyl (C=O) groups excluding carboxylic acids is 1. The number of nitrogens with zero attached hydrogens (tertiary/aromatic N) is 1. The molecule has 1 amide bonds. The maximum Gasteiger partial charge on any atom is 0.232 e. The summed E-state index contributed by atoms with van der Waals surface area (Å²) in [6, 6.07) is 8.55. The molecule has 0 spiro atoms. The van der Waals surface area contributed by atoms with Crippen LogP contribution in [0.3, 0.4) is 0 Å². The molecule has 1 heterocycles. The second kappa shape index (κ2) is 5.33. The van der Waals surface area contributed by atoms with Gasteiger partial charge < -0.3 is 10.2 Å². The van der Waals surface area contributed by atoms with Crippen LogP contribution in [-0.4, -0.2) is 36.5 Å². The van der Waals surface area contributed by atoms with Crippen LogP contribution in [0.1, 0.15) is 31.9 Å². The summed E-state index contributed by atoms with van der Waals surface area (Å²) in [5.74, 6) is 0.232. The minimum atomic E-state index is -0.456. The minimum absolute atomic E-state index is 0.232. The third-order valence-electron chi connectivity index (χ3n) is 4.01. The first-order chi connectivity index (χ1) is 8.93. The van der Waals surface area contributed by atoms with Gasteiger partial charge in [-0.3, -0.25) is 4.79 Å². The minimum Gasteiger partial charge on any atom is -0.339 e. The highest BCUT2D eigenvalue weighted by atomic mass is 16.2. The fourth-order valence-corrected chi connectivity index (χ4v) is 2.90. The van der Waals surface area contributed by atoms with Crippen molar-refractivity contribution in [2.75, 3.05) is 19.6 Å². The Morgan fingerprint density at radius 2 is 2.05 bits per heavy atom. The monoisotopic (exact) mass is 260 g/mol. The lowest BCUT2D eigenvalue weighted by Crippen LogP contribution is -2.55. The van der Waals surface area contributed by atoms with Crippen molar-refractivity contribution in [3.8, 4) is 0 Å². The van der Waals surface area contributed by atoms with Gasteiger partial charge >= 0.3 is 0 Å². The molecule has 2 rings (SSSR count). The summed E-state index contributed by atoms with van der Waals surface area (Å²) in [4.78, 5) is 14.8. The summed E-state index contributed by atoms with van der Waals surface area (Å²) in [6.45, 7) is 10.8. The number of amides is 1. The molecule has 1 aliphatic heterocycles. The Labute approximate surface area is 116 Å². The maximum atomic E-state index is 12.8. The maximum absolute atomic E-state index is 12.8. The highest BCUT2D eigenvalue weighted by Crippen LogP contribution is 2.28. The molecule has 1 fully saturated rings. The highest BCUT2D eigenvalue weighted by Gasteiger charge is 2.35. The molecule has 0 radical (unpaired) electrons. The standard InChI is InChI=1S/C16H24N2O/c1-12-7-5-6-8-14(12)16(3,4)15(19)18-10-9-17-13(2)11-18/h5-8,13,17H,9-11H2,1-4H3/t13-/m0/s1. The number of hydrogen-bond acceptors (Lipinski definition) is 2. The van der Waals surface area contributed by atoms with Crippen LogP contribution >= 0.6 is 0 Å². The Kier molecular flexibility index (Phi) is 3.95. The van der Waals surface area contributed by atoms with Gasteiger partial charge in [-0.2, -0.15) is 0 Å². The van der Waals surface area contributed by atoms with Crippen LogP contribution in [0.15, 0.2) is 24.3 Å². The molecule has 0 aromatic heterocycles. The SMILES string of the molecule is Cc1ccccc1C(C)(C)C(=O)N1CCN[C@@H](C)C1. The molecule has 1 aliphatic rings. The van der Waals surface area contributed by atoms with E-state index >= 15 is 0 Å². The number of benzene rings is 1. The van der Waals surface area contributed by atoms with E-state index in [0.29, 0.717) is 6.04 Å². The fourth-order valence-electron chi connectivity index (χ4n) is 2.90. The van der Waals surface area contributed by atoms with Crippen LogP contribution < -0.4 is 5.32 Å². The van der Waals surface area contributed by atoms with Crippen LogP contribution in [0.5, 0.6) is 0 Å². The van der Waals surface area contributed by atoms with Gasteiger partial charge in [0.05, 0.1) is 5.41 Å². The van der Waals surface area contributed by atoms with Gasteiger partial charge in [0.15, 0.2) is 0 Å². The van der Waals surface area contributed by atoms with Gasteiger partial charge in [-0.1, -0.05) is 24.3 Å². The molecule has 19 heavy (non-hydrogen) atoms. The van der Waals surface area contributed by atoms with Crippen molar-refractivity contribution in [3.05, 3.63) is 35.4 Å². The second-order valence-corrected chi connectivity index (χ2v) is 6.05. The number of hydrogen-bond donors (Lipinski definition) is 1.